The fourth-order valence-electron chi connectivity index (χ4n) is 4.75. The maximum Gasteiger partial charge on any atom is 0.300 e. The van der Waals surface area contributed by atoms with Crippen molar-refractivity contribution < 1.29 is 24.2 Å². The fourth-order valence-corrected chi connectivity index (χ4v) is 4.75. The van der Waals surface area contributed by atoms with Crippen LogP contribution in [0, 0.1) is 5.82 Å². The molecule has 1 aliphatic carbocycles. The van der Waals surface area contributed by atoms with Crippen LogP contribution in [0.15, 0.2) is 72.3 Å². The highest BCUT2D eigenvalue weighted by Crippen LogP contribution is 2.44. The molecule has 6 heteroatoms. The number of hydrogen-bond acceptors (Lipinski definition) is 4. The van der Waals surface area contributed by atoms with E-state index in [1.54, 1.807) is 18.2 Å². The predicted octanol–water partition coefficient (Wildman–Crippen LogP) is 5.04. The zero-order chi connectivity index (χ0) is 23.1. The number of fused-ring (bicyclic) bond motifs is 1. The third-order valence-corrected chi connectivity index (χ3v) is 6.39. The first-order valence-corrected chi connectivity index (χ1v) is 10.9. The van der Waals surface area contributed by atoms with E-state index in [-0.39, 0.29) is 22.8 Å². The molecule has 1 amide bonds. The van der Waals surface area contributed by atoms with Gasteiger partial charge in [0.2, 0.25) is 0 Å². The molecule has 5 rings (SSSR count). The first-order valence-electron chi connectivity index (χ1n) is 10.9. The average molecular weight is 443 g/mol. The minimum Gasteiger partial charge on any atom is -0.507 e. The lowest BCUT2D eigenvalue weighted by Gasteiger charge is -2.26. The zero-order valence-electron chi connectivity index (χ0n) is 17.8. The molecule has 0 aromatic heterocycles. The Kier molecular flexibility index (Phi) is 5.21. The third kappa shape index (κ3) is 3.57. The number of aryl methyl sites for hydroxylation is 2. The molecule has 1 aliphatic heterocycles. The van der Waals surface area contributed by atoms with Crippen LogP contribution in [0.2, 0.25) is 0 Å². The average Bonchev–Trinajstić information content (AvgIpc) is 3.09. The van der Waals surface area contributed by atoms with Crippen LogP contribution in [0.25, 0.3) is 5.76 Å². The van der Waals surface area contributed by atoms with Gasteiger partial charge in [-0.1, -0.05) is 36.4 Å². The smallest absolute Gasteiger partial charge is 0.300 e. The van der Waals surface area contributed by atoms with Crippen molar-refractivity contribution in [2.24, 2.45) is 0 Å². The Balaban J connectivity index is 1.71. The van der Waals surface area contributed by atoms with Crippen LogP contribution in [0.1, 0.15) is 41.1 Å². The van der Waals surface area contributed by atoms with Gasteiger partial charge >= 0.3 is 0 Å². The number of anilines is 1. The number of aliphatic hydroxyl groups excluding tert-OH is 1. The van der Waals surface area contributed by atoms with Crippen LogP contribution in [-0.2, 0) is 22.4 Å². The van der Waals surface area contributed by atoms with Gasteiger partial charge in [-0.3, -0.25) is 14.5 Å². The van der Waals surface area contributed by atoms with Crippen molar-refractivity contribution in [3.63, 3.8) is 0 Å². The number of rotatable bonds is 3. The van der Waals surface area contributed by atoms with Crippen molar-refractivity contribution in [3.05, 3.63) is 100 Å². The molecule has 0 bridgehead atoms. The van der Waals surface area contributed by atoms with E-state index in [1.165, 1.54) is 42.0 Å². The molecule has 2 N–H and O–H groups in total. The molecule has 3 aromatic rings. The van der Waals surface area contributed by atoms with Crippen LogP contribution < -0.4 is 4.90 Å². The van der Waals surface area contributed by atoms with Gasteiger partial charge in [0, 0.05) is 5.56 Å². The zero-order valence-corrected chi connectivity index (χ0v) is 17.8. The molecule has 1 atom stereocenters. The topological polar surface area (TPSA) is 77.8 Å². The number of aliphatic hydroxyl groups is 1. The minimum atomic E-state index is -1.02. The van der Waals surface area contributed by atoms with E-state index in [0.717, 1.165) is 36.1 Å². The van der Waals surface area contributed by atoms with Gasteiger partial charge in [-0.2, -0.15) is 0 Å². The standard InChI is InChI=1S/C27H22FNO4/c28-20-13-11-17(12-14-20)24-23(25(31)19-10-9-16-5-1-2-6-18(16)15-19)26(32)27(33)29(24)21-7-3-4-8-22(21)30/h3-4,7-15,24,30-31H,1-2,5-6H2/b25-23-. The van der Waals surface area contributed by atoms with Crippen molar-refractivity contribution in [1.29, 1.82) is 0 Å². The van der Waals surface area contributed by atoms with Crippen molar-refractivity contribution >= 4 is 23.1 Å². The van der Waals surface area contributed by atoms with Crippen LogP contribution in [0.5, 0.6) is 5.75 Å². The fraction of sp³-hybridized carbons (Fsp3) is 0.185. The molecule has 1 saturated heterocycles. The monoisotopic (exact) mass is 443 g/mol. The van der Waals surface area contributed by atoms with Gasteiger partial charge in [0.1, 0.15) is 17.3 Å². The molecule has 5 nitrogen and oxygen atoms in total. The van der Waals surface area contributed by atoms with Crippen molar-refractivity contribution in [2.75, 3.05) is 4.90 Å². The predicted molar refractivity (Wildman–Crippen MR) is 122 cm³/mol. The van der Waals surface area contributed by atoms with Gasteiger partial charge in [0.25, 0.3) is 11.7 Å². The Morgan fingerprint density at radius 2 is 1.61 bits per heavy atom. The third-order valence-electron chi connectivity index (χ3n) is 6.39. The Hall–Kier alpha value is -3.93. The molecule has 0 spiro atoms. The Morgan fingerprint density at radius 1 is 0.909 bits per heavy atom. The molecular formula is C27H22FNO4. The molecule has 1 fully saturated rings. The maximum absolute atomic E-state index is 13.6. The summed E-state index contributed by atoms with van der Waals surface area (Å²) >= 11 is 0. The van der Waals surface area contributed by atoms with Crippen LogP contribution in [0.4, 0.5) is 10.1 Å². The molecule has 2 aliphatic rings. The highest BCUT2D eigenvalue weighted by Gasteiger charge is 2.47. The summed E-state index contributed by atoms with van der Waals surface area (Å²) in [6, 6.07) is 16.2. The lowest BCUT2D eigenvalue weighted by atomic mass is 9.88. The van der Waals surface area contributed by atoms with E-state index in [1.807, 2.05) is 12.1 Å². The quantitative estimate of drug-likeness (QED) is 0.338. The number of aromatic hydroxyl groups is 1. The number of halogens is 1. The largest absolute Gasteiger partial charge is 0.507 e. The summed E-state index contributed by atoms with van der Waals surface area (Å²) in [6.07, 6.45) is 4.05. The molecule has 1 unspecified atom stereocenters. The highest BCUT2D eigenvalue weighted by atomic mass is 19.1. The number of hydrogen-bond donors (Lipinski definition) is 2. The highest BCUT2D eigenvalue weighted by molar-refractivity contribution is 6.51. The Labute approximate surface area is 190 Å². The van der Waals surface area contributed by atoms with Crippen LogP contribution in [0.3, 0.4) is 0 Å². The van der Waals surface area contributed by atoms with Crippen LogP contribution >= 0.6 is 0 Å². The molecular weight excluding hydrogens is 421 g/mol. The number of Topliss-reactive ketones (excluding diaryl/α,β-unsaturated/α-hetero) is 1. The van der Waals surface area contributed by atoms with Crippen molar-refractivity contribution in [3.8, 4) is 5.75 Å². The summed E-state index contributed by atoms with van der Waals surface area (Å²) in [7, 11) is 0. The van der Waals surface area contributed by atoms with Gasteiger partial charge in [-0.15, -0.1) is 0 Å². The number of benzene rings is 3. The molecule has 1 heterocycles. The summed E-state index contributed by atoms with van der Waals surface area (Å²) in [5, 5.41) is 21.7. The molecule has 0 radical (unpaired) electrons. The maximum atomic E-state index is 13.6. The number of carbonyl (C=O) groups excluding carboxylic acids is 2. The summed E-state index contributed by atoms with van der Waals surface area (Å²) in [4.78, 5) is 27.5. The summed E-state index contributed by atoms with van der Waals surface area (Å²) in [5.74, 6) is -2.66. The Morgan fingerprint density at radius 3 is 2.33 bits per heavy atom. The normalized spacial score (nSPS) is 19.5. The van der Waals surface area contributed by atoms with Gasteiger partial charge in [-0.25, -0.2) is 4.39 Å². The van der Waals surface area contributed by atoms with E-state index in [9.17, 15) is 24.2 Å². The number of para-hydroxylation sites is 2. The van der Waals surface area contributed by atoms with Gasteiger partial charge in [-0.05, 0) is 72.7 Å². The van der Waals surface area contributed by atoms with E-state index in [2.05, 4.69) is 0 Å². The van der Waals surface area contributed by atoms with Gasteiger partial charge in [0.15, 0.2) is 0 Å². The minimum absolute atomic E-state index is 0.0920. The first-order chi connectivity index (χ1) is 16.0. The van der Waals surface area contributed by atoms with Crippen LogP contribution in [-0.4, -0.2) is 21.9 Å². The lowest BCUT2D eigenvalue weighted by Crippen LogP contribution is -2.29. The number of ketones is 1. The van der Waals surface area contributed by atoms with Crippen molar-refractivity contribution in [1.82, 2.24) is 0 Å². The number of nitrogens with zero attached hydrogens (tertiary/aromatic N) is 1. The molecule has 33 heavy (non-hydrogen) atoms. The second-order valence-electron chi connectivity index (χ2n) is 8.40. The molecule has 166 valence electrons. The Bertz CT molecular complexity index is 1300. The molecule has 0 saturated carbocycles. The van der Waals surface area contributed by atoms with Gasteiger partial charge in [0.05, 0.1) is 17.3 Å². The van der Waals surface area contributed by atoms with E-state index < -0.39 is 23.5 Å². The second kappa shape index (κ2) is 8.20. The number of carbonyl (C=O) groups is 2. The number of amides is 1. The lowest BCUT2D eigenvalue weighted by molar-refractivity contribution is -0.132. The second-order valence-corrected chi connectivity index (χ2v) is 8.40. The summed E-state index contributed by atoms with van der Waals surface area (Å²) in [6.45, 7) is 0. The summed E-state index contributed by atoms with van der Waals surface area (Å²) < 4.78 is 13.6. The van der Waals surface area contributed by atoms with E-state index in [4.69, 9.17) is 0 Å². The van der Waals surface area contributed by atoms with E-state index >= 15 is 0 Å². The van der Waals surface area contributed by atoms with Crippen molar-refractivity contribution in [2.45, 2.75) is 31.7 Å². The summed E-state index contributed by atoms with van der Waals surface area (Å²) in [5.41, 5.74) is 3.29. The molecule has 3 aromatic carbocycles. The van der Waals surface area contributed by atoms with Gasteiger partial charge < -0.3 is 10.2 Å². The van der Waals surface area contributed by atoms with E-state index in [0.29, 0.717) is 11.1 Å². The first kappa shape index (κ1) is 20.9. The number of phenolic OH excluding ortho intramolecular Hbond substituents is 1. The number of phenols is 1. The SMILES string of the molecule is O=C1C(=O)N(c2ccccc2O)C(c2ccc(F)cc2)/C1=C(/O)c1ccc2c(c1)CCCC2.